The van der Waals surface area contributed by atoms with Crippen LogP contribution < -0.4 is 0 Å². The first-order chi connectivity index (χ1) is 18.6. The van der Waals surface area contributed by atoms with Gasteiger partial charge in [0.05, 0.1) is 41.2 Å². The molecule has 5 heterocycles. The smallest absolute Gasteiger partial charge is 0.188 e. The van der Waals surface area contributed by atoms with Crippen LogP contribution in [0.4, 0.5) is 4.39 Å². The number of hydrogen-bond acceptors (Lipinski definition) is 6. The van der Waals surface area contributed by atoms with Crippen LogP contribution in [-0.4, -0.2) is 39.7 Å². The molecule has 0 radical (unpaired) electrons. The highest BCUT2D eigenvalue weighted by molar-refractivity contribution is 5.96. The van der Waals surface area contributed by atoms with E-state index in [1.807, 2.05) is 65.2 Å². The number of imidazole rings is 2. The van der Waals surface area contributed by atoms with Crippen molar-refractivity contribution in [3.05, 3.63) is 115 Å². The van der Waals surface area contributed by atoms with Crippen molar-refractivity contribution in [2.24, 2.45) is 0 Å². The molecule has 0 fully saturated rings. The van der Waals surface area contributed by atoms with Crippen LogP contribution in [0.2, 0.25) is 0 Å². The van der Waals surface area contributed by atoms with Crippen molar-refractivity contribution in [2.75, 3.05) is 0 Å². The van der Waals surface area contributed by atoms with Gasteiger partial charge in [0, 0.05) is 11.8 Å². The lowest BCUT2D eigenvalue weighted by Gasteiger charge is -2.05. The molecular formula is C29H18FN7O. The van der Waals surface area contributed by atoms with Gasteiger partial charge in [-0.1, -0.05) is 18.2 Å². The number of aromatic nitrogens is 7. The Labute approximate surface area is 215 Å². The van der Waals surface area contributed by atoms with Crippen LogP contribution in [-0.2, 0) is 6.42 Å². The molecule has 0 aliphatic carbocycles. The largest absolute Gasteiger partial charge is 0.298 e. The standard InChI is InChI=1S/C29H18FN7O/c30-19-10-8-18(9-11-19)28-29(36-14-4-3-7-26(36)34-28)23-12-13-27-32-20(17-37(27)35-23)15-25(38)24-16-31-21-5-1-2-6-22(21)33-24/h1-14,16-17H,15H2. The van der Waals surface area contributed by atoms with Crippen LogP contribution >= 0.6 is 0 Å². The molecular weight excluding hydrogens is 481 g/mol. The van der Waals surface area contributed by atoms with Gasteiger partial charge < -0.3 is 0 Å². The maximum atomic E-state index is 13.6. The maximum Gasteiger partial charge on any atom is 0.188 e. The van der Waals surface area contributed by atoms with Crippen LogP contribution in [0, 0.1) is 5.82 Å². The van der Waals surface area contributed by atoms with E-state index in [1.54, 1.807) is 22.8 Å². The highest BCUT2D eigenvalue weighted by atomic mass is 19.1. The molecule has 0 saturated heterocycles. The fraction of sp³-hybridized carbons (Fsp3) is 0.0345. The molecule has 0 unspecified atom stereocenters. The Hall–Kier alpha value is -5.31. The summed E-state index contributed by atoms with van der Waals surface area (Å²) in [5.74, 6) is -0.485. The van der Waals surface area contributed by atoms with Gasteiger partial charge in [-0.05, 0) is 60.7 Å². The van der Waals surface area contributed by atoms with E-state index in [9.17, 15) is 9.18 Å². The van der Waals surface area contributed by atoms with E-state index in [4.69, 9.17) is 10.1 Å². The Kier molecular flexibility index (Phi) is 5.00. The number of ketones is 1. The van der Waals surface area contributed by atoms with Gasteiger partial charge in [0.25, 0.3) is 0 Å². The number of carbonyl (C=O) groups is 1. The molecule has 38 heavy (non-hydrogen) atoms. The third kappa shape index (κ3) is 3.77. The average Bonchev–Trinajstić information content (AvgIpc) is 3.53. The SMILES string of the molecule is O=C(Cc1cn2nc(-c3c(-c4ccc(F)cc4)nc4ccccn34)ccc2n1)c1cnc2ccccc2n1. The first-order valence-corrected chi connectivity index (χ1v) is 12.0. The van der Waals surface area contributed by atoms with Gasteiger partial charge in [0.15, 0.2) is 11.4 Å². The van der Waals surface area contributed by atoms with Crippen LogP contribution in [0.3, 0.4) is 0 Å². The summed E-state index contributed by atoms with van der Waals surface area (Å²) in [6, 6.07) is 23.1. The first-order valence-electron chi connectivity index (χ1n) is 12.0. The minimum atomic E-state index is -0.311. The van der Waals surface area contributed by atoms with Crippen molar-refractivity contribution < 1.29 is 9.18 Å². The molecule has 0 atom stereocenters. The summed E-state index contributed by atoms with van der Waals surface area (Å²) in [5.41, 5.74) is 6.53. The van der Waals surface area contributed by atoms with Gasteiger partial charge in [-0.2, -0.15) is 5.10 Å². The number of Topliss-reactive ketones (excluding diaryl/α,β-unsaturated/α-hetero) is 1. The van der Waals surface area contributed by atoms with Gasteiger partial charge in [0.1, 0.15) is 28.5 Å². The van der Waals surface area contributed by atoms with Gasteiger partial charge >= 0.3 is 0 Å². The fourth-order valence-electron chi connectivity index (χ4n) is 4.54. The van der Waals surface area contributed by atoms with Crippen molar-refractivity contribution in [2.45, 2.75) is 6.42 Å². The lowest BCUT2D eigenvalue weighted by Crippen LogP contribution is -2.07. The second-order valence-corrected chi connectivity index (χ2v) is 8.84. The molecule has 0 saturated carbocycles. The van der Waals surface area contributed by atoms with E-state index in [0.29, 0.717) is 33.9 Å². The van der Waals surface area contributed by atoms with Gasteiger partial charge in [-0.15, -0.1) is 0 Å². The number of para-hydroxylation sites is 2. The first kappa shape index (κ1) is 21.9. The second kappa shape index (κ2) is 8.67. The van der Waals surface area contributed by atoms with Crippen molar-refractivity contribution in [1.82, 2.24) is 34.0 Å². The molecule has 0 aliphatic rings. The summed E-state index contributed by atoms with van der Waals surface area (Å²) in [5, 5.41) is 4.79. The zero-order valence-corrected chi connectivity index (χ0v) is 19.9. The number of carbonyl (C=O) groups excluding carboxylic acids is 1. The van der Waals surface area contributed by atoms with Crippen molar-refractivity contribution in [3.63, 3.8) is 0 Å². The molecule has 2 aromatic carbocycles. The number of nitrogens with zero attached hydrogens (tertiary/aromatic N) is 7. The molecule has 5 aromatic heterocycles. The van der Waals surface area contributed by atoms with Crippen LogP contribution in [0.5, 0.6) is 0 Å². The Balaban J connectivity index is 1.26. The van der Waals surface area contributed by atoms with E-state index < -0.39 is 0 Å². The Morgan fingerprint density at radius 2 is 1.63 bits per heavy atom. The quantitative estimate of drug-likeness (QED) is 0.302. The van der Waals surface area contributed by atoms with E-state index >= 15 is 0 Å². The molecule has 0 amide bonds. The van der Waals surface area contributed by atoms with Crippen LogP contribution in [0.25, 0.3) is 45.0 Å². The Bertz CT molecular complexity index is 1990. The van der Waals surface area contributed by atoms with E-state index in [1.165, 1.54) is 18.3 Å². The van der Waals surface area contributed by atoms with Gasteiger partial charge in [-0.3, -0.25) is 14.2 Å². The minimum absolute atomic E-state index is 0.0716. The summed E-state index contributed by atoms with van der Waals surface area (Å²) in [6.45, 7) is 0. The summed E-state index contributed by atoms with van der Waals surface area (Å²) in [4.78, 5) is 31.1. The average molecular weight is 500 g/mol. The molecule has 0 aliphatic heterocycles. The molecule has 182 valence electrons. The van der Waals surface area contributed by atoms with Crippen LogP contribution in [0.15, 0.2) is 97.5 Å². The molecule has 0 bridgehead atoms. The molecule has 7 rings (SSSR count). The molecule has 8 nitrogen and oxygen atoms in total. The topological polar surface area (TPSA) is 90.3 Å². The lowest BCUT2D eigenvalue weighted by molar-refractivity contribution is 0.0987. The van der Waals surface area contributed by atoms with Crippen molar-refractivity contribution in [3.8, 4) is 22.6 Å². The van der Waals surface area contributed by atoms with Crippen molar-refractivity contribution >= 4 is 28.1 Å². The number of fused-ring (bicyclic) bond motifs is 3. The van der Waals surface area contributed by atoms with E-state index in [-0.39, 0.29) is 18.0 Å². The molecule has 7 aromatic rings. The van der Waals surface area contributed by atoms with Crippen molar-refractivity contribution in [1.29, 1.82) is 0 Å². The number of halogens is 1. The summed E-state index contributed by atoms with van der Waals surface area (Å²) in [6.07, 6.45) is 5.23. The third-order valence-electron chi connectivity index (χ3n) is 6.34. The van der Waals surface area contributed by atoms with Gasteiger partial charge in [-0.25, -0.2) is 23.9 Å². The zero-order chi connectivity index (χ0) is 25.6. The Morgan fingerprint density at radius 3 is 2.50 bits per heavy atom. The molecule has 9 heteroatoms. The number of hydrogen-bond donors (Lipinski definition) is 0. The molecule has 0 N–H and O–H groups in total. The summed E-state index contributed by atoms with van der Waals surface area (Å²) >= 11 is 0. The number of rotatable bonds is 5. The van der Waals surface area contributed by atoms with Gasteiger partial charge in [0.2, 0.25) is 0 Å². The second-order valence-electron chi connectivity index (χ2n) is 8.84. The predicted octanol–water partition coefficient (Wildman–Crippen LogP) is 5.22. The highest BCUT2D eigenvalue weighted by Gasteiger charge is 2.19. The summed E-state index contributed by atoms with van der Waals surface area (Å²) in [7, 11) is 0. The maximum absolute atomic E-state index is 13.6. The zero-order valence-electron chi connectivity index (χ0n) is 19.9. The summed E-state index contributed by atoms with van der Waals surface area (Å²) < 4.78 is 17.2. The molecule has 0 spiro atoms. The van der Waals surface area contributed by atoms with E-state index in [0.717, 1.165) is 22.4 Å². The predicted molar refractivity (Wildman–Crippen MR) is 140 cm³/mol. The highest BCUT2D eigenvalue weighted by Crippen LogP contribution is 2.32. The Morgan fingerprint density at radius 1 is 0.816 bits per heavy atom. The fourth-order valence-corrected chi connectivity index (χ4v) is 4.54. The monoisotopic (exact) mass is 499 g/mol. The van der Waals surface area contributed by atoms with E-state index in [2.05, 4.69) is 15.0 Å². The third-order valence-corrected chi connectivity index (χ3v) is 6.34. The normalized spacial score (nSPS) is 11.5. The van der Waals surface area contributed by atoms with Crippen LogP contribution in [0.1, 0.15) is 16.2 Å². The number of benzene rings is 2. The minimum Gasteiger partial charge on any atom is -0.298 e. The lowest BCUT2D eigenvalue weighted by atomic mass is 10.1. The number of pyridine rings is 1.